The second-order valence-electron chi connectivity index (χ2n) is 2.83. The summed E-state index contributed by atoms with van der Waals surface area (Å²) in [6.07, 6.45) is -0.215. The lowest BCUT2D eigenvalue weighted by molar-refractivity contribution is -0.0843. The van der Waals surface area contributed by atoms with Gasteiger partial charge in [-0.25, -0.2) is 4.98 Å². The van der Waals surface area contributed by atoms with Crippen molar-refractivity contribution in [3.05, 3.63) is 11.5 Å². The Bertz CT molecular complexity index is 264. The highest BCUT2D eigenvalue weighted by atomic mass is 32.2. The number of aryl methyl sites for hydroxylation is 2. The number of thioether (sulfide) groups is 1. The van der Waals surface area contributed by atoms with Crippen LogP contribution in [-0.2, 0) is 9.47 Å². The van der Waals surface area contributed by atoms with E-state index in [4.69, 9.17) is 13.9 Å². The molecule has 0 aliphatic rings. The number of rotatable bonds is 5. The molecule has 0 saturated heterocycles. The fourth-order valence-corrected chi connectivity index (χ4v) is 1.81. The van der Waals surface area contributed by atoms with Gasteiger partial charge in [0.15, 0.2) is 6.29 Å². The molecule has 0 atom stereocenters. The molecule has 0 N–H and O–H groups in total. The van der Waals surface area contributed by atoms with Crippen LogP contribution in [0.15, 0.2) is 9.64 Å². The summed E-state index contributed by atoms with van der Waals surface area (Å²) in [7, 11) is 3.22. The van der Waals surface area contributed by atoms with Crippen LogP contribution in [0.1, 0.15) is 11.5 Å². The summed E-state index contributed by atoms with van der Waals surface area (Å²) in [6.45, 7) is 3.82. The molecular formula is C9H15NO3S. The van der Waals surface area contributed by atoms with E-state index in [1.165, 1.54) is 11.8 Å². The van der Waals surface area contributed by atoms with Crippen molar-refractivity contribution in [3.63, 3.8) is 0 Å². The fourth-order valence-electron chi connectivity index (χ4n) is 0.877. The lowest BCUT2D eigenvalue weighted by atomic mass is 10.4. The molecule has 0 spiro atoms. The maximum absolute atomic E-state index is 5.39. The maximum atomic E-state index is 5.39. The summed E-state index contributed by atoms with van der Waals surface area (Å²) >= 11 is 1.48. The molecule has 0 aliphatic heterocycles. The van der Waals surface area contributed by atoms with Gasteiger partial charge in [0.2, 0.25) is 0 Å². The summed E-state index contributed by atoms with van der Waals surface area (Å²) in [6, 6.07) is 0. The van der Waals surface area contributed by atoms with Gasteiger partial charge in [-0.3, -0.25) is 0 Å². The minimum absolute atomic E-state index is 0.215. The van der Waals surface area contributed by atoms with Gasteiger partial charge in [-0.1, -0.05) is 11.8 Å². The Labute approximate surface area is 88.0 Å². The van der Waals surface area contributed by atoms with E-state index in [0.717, 1.165) is 11.5 Å². The molecule has 0 aromatic carbocycles. The highest BCUT2D eigenvalue weighted by Gasteiger charge is 2.10. The Balaban J connectivity index is 2.45. The average molecular weight is 217 g/mol. The molecule has 1 heterocycles. The fraction of sp³-hybridized carbons (Fsp3) is 0.667. The second kappa shape index (κ2) is 5.38. The molecule has 0 saturated carbocycles. The average Bonchev–Trinajstić information content (AvgIpc) is 2.48. The van der Waals surface area contributed by atoms with Crippen molar-refractivity contribution in [1.29, 1.82) is 0 Å². The monoisotopic (exact) mass is 217 g/mol. The van der Waals surface area contributed by atoms with E-state index in [1.54, 1.807) is 14.2 Å². The Hall–Kier alpha value is -0.520. The van der Waals surface area contributed by atoms with E-state index in [-0.39, 0.29) is 6.29 Å². The molecule has 4 nitrogen and oxygen atoms in total. The smallest absolute Gasteiger partial charge is 0.256 e. The van der Waals surface area contributed by atoms with E-state index in [0.29, 0.717) is 11.0 Å². The third-order valence-electron chi connectivity index (χ3n) is 1.88. The minimum Gasteiger partial charge on any atom is -0.437 e. The molecule has 0 fully saturated rings. The lowest BCUT2D eigenvalue weighted by Crippen LogP contribution is -2.15. The molecule has 0 bridgehead atoms. The number of oxazole rings is 1. The quantitative estimate of drug-likeness (QED) is 0.557. The third-order valence-corrected chi connectivity index (χ3v) is 2.74. The van der Waals surface area contributed by atoms with Gasteiger partial charge in [-0.15, -0.1) is 0 Å². The van der Waals surface area contributed by atoms with Crippen molar-refractivity contribution in [1.82, 2.24) is 4.98 Å². The Morgan fingerprint density at radius 1 is 1.36 bits per heavy atom. The SMILES string of the molecule is COC(CSc1nc(C)c(C)o1)OC. The van der Waals surface area contributed by atoms with Crippen LogP contribution < -0.4 is 0 Å². The number of hydrogen-bond acceptors (Lipinski definition) is 5. The first-order valence-corrected chi connectivity index (χ1v) is 5.28. The van der Waals surface area contributed by atoms with Gasteiger partial charge >= 0.3 is 0 Å². The number of hydrogen-bond donors (Lipinski definition) is 0. The Morgan fingerprint density at radius 3 is 2.43 bits per heavy atom. The van der Waals surface area contributed by atoms with Crippen LogP contribution >= 0.6 is 11.8 Å². The molecule has 0 radical (unpaired) electrons. The van der Waals surface area contributed by atoms with Gasteiger partial charge in [0.05, 0.1) is 11.4 Å². The summed E-state index contributed by atoms with van der Waals surface area (Å²) in [5.74, 6) is 1.53. The number of methoxy groups -OCH3 is 2. The highest BCUT2D eigenvalue weighted by Crippen LogP contribution is 2.21. The summed E-state index contributed by atoms with van der Waals surface area (Å²) in [5.41, 5.74) is 0.930. The first-order chi connectivity index (χ1) is 6.67. The maximum Gasteiger partial charge on any atom is 0.256 e. The van der Waals surface area contributed by atoms with Crippen molar-refractivity contribution >= 4 is 11.8 Å². The van der Waals surface area contributed by atoms with Crippen molar-refractivity contribution in [2.24, 2.45) is 0 Å². The molecule has 5 heteroatoms. The van der Waals surface area contributed by atoms with Gasteiger partial charge in [0.25, 0.3) is 5.22 Å². The van der Waals surface area contributed by atoms with Gasteiger partial charge < -0.3 is 13.9 Å². The molecule has 0 unspecified atom stereocenters. The highest BCUT2D eigenvalue weighted by molar-refractivity contribution is 7.99. The van der Waals surface area contributed by atoms with Crippen molar-refractivity contribution in [2.45, 2.75) is 25.4 Å². The lowest BCUT2D eigenvalue weighted by Gasteiger charge is -2.10. The Morgan fingerprint density at radius 2 is 2.00 bits per heavy atom. The standard InChI is InChI=1S/C9H15NO3S/c1-6-7(2)13-9(10-6)14-5-8(11-3)12-4/h8H,5H2,1-4H3. The van der Waals surface area contributed by atoms with Crippen LogP contribution in [0.4, 0.5) is 0 Å². The third kappa shape index (κ3) is 3.01. The molecule has 14 heavy (non-hydrogen) atoms. The normalized spacial score (nSPS) is 11.2. The Kier molecular flexibility index (Phi) is 4.44. The number of aromatic nitrogens is 1. The predicted molar refractivity (Wildman–Crippen MR) is 54.5 cm³/mol. The minimum atomic E-state index is -0.215. The first-order valence-electron chi connectivity index (χ1n) is 4.29. The van der Waals surface area contributed by atoms with E-state index in [2.05, 4.69) is 4.98 Å². The zero-order valence-electron chi connectivity index (χ0n) is 8.86. The molecule has 1 aromatic rings. The second-order valence-corrected chi connectivity index (χ2v) is 3.80. The molecule has 1 rings (SSSR count). The summed E-state index contributed by atoms with van der Waals surface area (Å²) < 4.78 is 15.5. The van der Waals surface area contributed by atoms with Crippen LogP contribution in [0.3, 0.4) is 0 Å². The van der Waals surface area contributed by atoms with Crippen LogP contribution in [0.5, 0.6) is 0 Å². The first kappa shape index (κ1) is 11.6. The predicted octanol–water partition coefficient (Wildman–Crippen LogP) is 2.00. The topological polar surface area (TPSA) is 44.5 Å². The van der Waals surface area contributed by atoms with Crippen molar-refractivity contribution < 1.29 is 13.9 Å². The molecule has 0 amide bonds. The summed E-state index contributed by atoms with van der Waals surface area (Å²) in [5, 5.41) is 0.666. The van der Waals surface area contributed by atoms with Gasteiger partial charge in [-0.05, 0) is 13.8 Å². The number of nitrogens with zero attached hydrogens (tertiary/aromatic N) is 1. The van der Waals surface area contributed by atoms with Gasteiger partial charge in [0, 0.05) is 14.2 Å². The van der Waals surface area contributed by atoms with Crippen LogP contribution in [0.2, 0.25) is 0 Å². The molecule has 80 valence electrons. The van der Waals surface area contributed by atoms with Crippen LogP contribution in [-0.4, -0.2) is 31.2 Å². The largest absolute Gasteiger partial charge is 0.437 e. The van der Waals surface area contributed by atoms with Crippen LogP contribution in [0, 0.1) is 13.8 Å². The van der Waals surface area contributed by atoms with Crippen molar-refractivity contribution in [2.75, 3.05) is 20.0 Å². The molecule has 0 aliphatic carbocycles. The molecule has 1 aromatic heterocycles. The van der Waals surface area contributed by atoms with E-state index in [9.17, 15) is 0 Å². The van der Waals surface area contributed by atoms with Crippen molar-refractivity contribution in [3.8, 4) is 0 Å². The van der Waals surface area contributed by atoms with Crippen LogP contribution in [0.25, 0.3) is 0 Å². The van der Waals surface area contributed by atoms with E-state index < -0.39 is 0 Å². The van der Waals surface area contributed by atoms with E-state index >= 15 is 0 Å². The molecular weight excluding hydrogens is 202 g/mol. The zero-order valence-corrected chi connectivity index (χ0v) is 9.68. The van der Waals surface area contributed by atoms with Gasteiger partial charge in [0.1, 0.15) is 5.76 Å². The van der Waals surface area contributed by atoms with E-state index in [1.807, 2.05) is 13.8 Å². The van der Waals surface area contributed by atoms with Gasteiger partial charge in [-0.2, -0.15) is 0 Å². The zero-order chi connectivity index (χ0) is 10.6. The number of ether oxygens (including phenoxy) is 2. The summed E-state index contributed by atoms with van der Waals surface area (Å²) in [4.78, 5) is 4.24.